The van der Waals surface area contributed by atoms with E-state index in [1.54, 1.807) is 0 Å². The first-order valence-corrected chi connectivity index (χ1v) is 8.02. The number of hydrogen-bond donors (Lipinski definition) is 2. The minimum absolute atomic E-state index is 0. The monoisotopic (exact) mass is 377 g/mol. The van der Waals surface area contributed by atoms with Gasteiger partial charge in [-0.05, 0) is 31.0 Å². The predicted octanol–water partition coefficient (Wildman–Crippen LogP) is 2.33. The van der Waals surface area contributed by atoms with Crippen molar-refractivity contribution in [1.82, 2.24) is 4.90 Å². The molecule has 2 unspecified atom stereocenters. The van der Waals surface area contributed by atoms with Gasteiger partial charge in [0.25, 0.3) is 0 Å². The molecule has 1 aliphatic heterocycles. The Morgan fingerprint density at radius 3 is 2.33 bits per heavy atom. The van der Waals surface area contributed by atoms with E-state index in [0.29, 0.717) is 0 Å². The molecule has 0 radical (unpaired) electrons. The second-order valence-electron chi connectivity index (χ2n) is 6.04. The van der Waals surface area contributed by atoms with E-state index in [4.69, 9.17) is 10.5 Å². The fraction of sp³-hybridized carbons (Fsp3) is 0.588. The van der Waals surface area contributed by atoms with E-state index in [0.717, 1.165) is 45.0 Å². The SMILES string of the molecule is CC(N)C(C)C(=O)Nc1ccc(CCN2CCOCC2)cc1.Cl.Cl. The smallest absolute Gasteiger partial charge is 0.228 e. The van der Waals surface area contributed by atoms with Gasteiger partial charge in [-0.1, -0.05) is 19.1 Å². The maximum Gasteiger partial charge on any atom is 0.228 e. The third kappa shape index (κ3) is 7.36. The molecule has 0 spiro atoms. The summed E-state index contributed by atoms with van der Waals surface area (Å²) in [5, 5.41) is 2.91. The highest BCUT2D eigenvalue weighted by molar-refractivity contribution is 5.92. The van der Waals surface area contributed by atoms with Crippen molar-refractivity contribution in [3.05, 3.63) is 29.8 Å². The summed E-state index contributed by atoms with van der Waals surface area (Å²) in [6.45, 7) is 8.45. The third-order valence-electron chi connectivity index (χ3n) is 4.24. The number of anilines is 1. The van der Waals surface area contributed by atoms with Crippen LogP contribution in [-0.2, 0) is 16.0 Å². The number of nitrogens with one attached hydrogen (secondary N) is 1. The van der Waals surface area contributed by atoms with Crippen molar-refractivity contribution in [1.29, 1.82) is 0 Å². The van der Waals surface area contributed by atoms with E-state index in [2.05, 4.69) is 22.3 Å². The Morgan fingerprint density at radius 2 is 1.79 bits per heavy atom. The molecule has 1 fully saturated rings. The lowest BCUT2D eigenvalue weighted by molar-refractivity contribution is -0.119. The van der Waals surface area contributed by atoms with Crippen LogP contribution in [0.5, 0.6) is 0 Å². The van der Waals surface area contributed by atoms with Crippen LogP contribution >= 0.6 is 24.8 Å². The predicted molar refractivity (Wildman–Crippen MR) is 103 cm³/mol. The molecular formula is C17H29Cl2N3O2. The van der Waals surface area contributed by atoms with Crippen molar-refractivity contribution in [2.45, 2.75) is 26.3 Å². The fourth-order valence-electron chi connectivity index (χ4n) is 2.36. The Bertz CT molecular complexity index is 477. The van der Waals surface area contributed by atoms with Crippen LogP contribution in [0, 0.1) is 5.92 Å². The Balaban J connectivity index is 0.00000264. The van der Waals surface area contributed by atoms with Crippen molar-refractivity contribution in [2.75, 3.05) is 38.2 Å². The summed E-state index contributed by atoms with van der Waals surface area (Å²) in [4.78, 5) is 14.4. The van der Waals surface area contributed by atoms with Gasteiger partial charge in [-0.2, -0.15) is 0 Å². The van der Waals surface area contributed by atoms with Crippen LogP contribution in [0.25, 0.3) is 0 Å². The Morgan fingerprint density at radius 1 is 1.21 bits per heavy atom. The minimum atomic E-state index is -0.194. The lowest BCUT2D eigenvalue weighted by Crippen LogP contribution is -2.37. The number of halogens is 2. The number of carbonyl (C=O) groups excluding carboxylic acids is 1. The normalized spacial score (nSPS) is 17.1. The molecule has 0 saturated carbocycles. The topological polar surface area (TPSA) is 67.6 Å². The van der Waals surface area contributed by atoms with Gasteiger partial charge in [0.15, 0.2) is 0 Å². The van der Waals surface area contributed by atoms with E-state index in [1.807, 2.05) is 26.0 Å². The van der Waals surface area contributed by atoms with Crippen LogP contribution in [0.2, 0.25) is 0 Å². The highest BCUT2D eigenvalue weighted by atomic mass is 35.5. The first-order valence-electron chi connectivity index (χ1n) is 8.02. The molecule has 5 nitrogen and oxygen atoms in total. The molecule has 1 heterocycles. The van der Waals surface area contributed by atoms with Crippen LogP contribution in [0.15, 0.2) is 24.3 Å². The van der Waals surface area contributed by atoms with Crippen LogP contribution in [-0.4, -0.2) is 49.7 Å². The molecule has 1 amide bonds. The van der Waals surface area contributed by atoms with Crippen molar-refractivity contribution in [3.8, 4) is 0 Å². The summed E-state index contributed by atoms with van der Waals surface area (Å²) in [5.41, 5.74) is 7.86. The zero-order valence-electron chi connectivity index (χ0n) is 14.4. The van der Waals surface area contributed by atoms with Crippen LogP contribution in [0.3, 0.4) is 0 Å². The third-order valence-corrected chi connectivity index (χ3v) is 4.24. The first-order chi connectivity index (χ1) is 10.6. The fourth-order valence-corrected chi connectivity index (χ4v) is 2.36. The van der Waals surface area contributed by atoms with Crippen LogP contribution < -0.4 is 11.1 Å². The van der Waals surface area contributed by atoms with Gasteiger partial charge in [0.1, 0.15) is 0 Å². The zero-order valence-corrected chi connectivity index (χ0v) is 16.0. The standard InChI is InChI=1S/C17H27N3O2.2ClH/c1-13(14(2)18)17(21)19-16-5-3-15(4-6-16)7-8-20-9-11-22-12-10-20;;/h3-6,13-14H,7-12,18H2,1-2H3,(H,19,21);2*1H. The number of nitrogens with two attached hydrogens (primary N) is 1. The van der Waals surface area contributed by atoms with Crippen LogP contribution in [0.1, 0.15) is 19.4 Å². The molecule has 0 bridgehead atoms. The minimum Gasteiger partial charge on any atom is -0.379 e. The van der Waals surface area contributed by atoms with Crippen LogP contribution in [0.4, 0.5) is 5.69 Å². The maximum absolute atomic E-state index is 12.0. The molecule has 0 aliphatic carbocycles. The molecule has 138 valence electrons. The van der Waals surface area contributed by atoms with Gasteiger partial charge in [0, 0.05) is 31.4 Å². The molecule has 1 aromatic rings. The number of amides is 1. The van der Waals surface area contributed by atoms with E-state index >= 15 is 0 Å². The summed E-state index contributed by atoms with van der Waals surface area (Å²) in [5.74, 6) is -0.225. The summed E-state index contributed by atoms with van der Waals surface area (Å²) >= 11 is 0. The Hall–Kier alpha value is -0.850. The van der Waals surface area contributed by atoms with Gasteiger partial charge in [0.05, 0.1) is 19.1 Å². The summed E-state index contributed by atoms with van der Waals surface area (Å²) in [6, 6.07) is 7.92. The number of rotatable bonds is 6. The molecule has 2 atom stereocenters. The molecule has 1 saturated heterocycles. The molecule has 24 heavy (non-hydrogen) atoms. The van der Waals surface area contributed by atoms with Gasteiger partial charge in [0.2, 0.25) is 5.91 Å². The summed E-state index contributed by atoms with van der Waals surface area (Å²) in [6.07, 6.45) is 1.02. The van der Waals surface area contributed by atoms with Gasteiger partial charge < -0.3 is 15.8 Å². The molecule has 1 aromatic carbocycles. The second kappa shape index (κ2) is 11.7. The molecule has 2 rings (SSSR count). The van der Waals surface area contributed by atoms with E-state index in [9.17, 15) is 4.79 Å². The summed E-state index contributed by atoms with van der Waals surface area (Å²) < 4.78 is 5.35. The number of benzene rings is 1. The zero-order chi connectivity index (χ0) is 15.9. The summed E-state index contributed by atoms with van der Waals surface area (Å²) in [7, 11) is 0. The average molecular weight is 378 g/mol. The molecule has 3 N–H and O–H groups in total. The number of carbonyl (C=O) groups is 1. The van der Waals surface area contributed by atoms with Gasteiger partial charge in [-0.25, -0.2) is 0 Å². The van der Waals surface area contributed by atoms with Gasteiger partial charge in [-0.15, -0.1) is 24.8 Å². The number of morpholine rings is 1. The first kappa shape index (κ1) is 23.1. The van der Waals surface area contributed by atoms with Crippen molar-refractivity contribution in [2.24, 2.45) is 11.7 Å². The van der Waals surface area contributed by atoms with Crippen molar-refractivity contribution < 1.29 is 9.53 Å². The van der Waals surface area contributed by atoms with E-state index in [-0.39, 0.29) is 42.7 Å². The number of ether oxygens (including phenoxy) is 1. The van der Waals surface area contributed by atoms with E-state index < -0.39 is 0 Å². The highest BCUT2D eigenvalue weighted by Crippen LogP contribution is 2.13. The number of nitrogens with zero attached hydrogens (tertiary/aromatic N) is 1. The highest BCUT2D eigenvalue weighted by Gasteiger charge is 2.17. The maximum atomic E-state index is 12.0. The molecule has 0 aromatic heterocycles. The van der Waals surface area contributed by atoms with E-state index in [1.165, 1.54) is 5.56 Å². The Labute approximate surface area is 157 Å². The Kier molecular flexibility index (Phi) is 11.2. The average Bonchev–Trinajstić information content (AvgIpc) is 2.54. The molecule has 1 aliphatic rings. The number of hydrogen-bond acceptors (Lipinski definition) is 4. The lowest BCUT2D eigenvalue weighted by atomic mass is 10.0. The molecule has 7 heteroatoms. The van der Waals surface area contributed by atoms with Crippen molar-refractivity contribution in [3.63, 3.8) is 0 Å². The molecular weight excluding hydrogens is 349 g/mol. The quantitative estimate of drug-likeness (QED) is 0.797. The second-order valence-corrected chi connectivity index (χ2v) is 6.04. The largest absolute Gasteiger partial charge is 0.379 e. The van der Waals surface area contributed by atoms with Gasteiger partial charge >= 0.3 is 0 Å². The van der Waals surface area contributed by atoms with Crippen molar-refractivity contribution >= 4 is 36.4 Å². The van der Waals surface area contributed by atoms with Gasteiger partial charge in [-0.3, -0.25) is 9.69 Å². The lowest BCUT2D eigenvalue weighted by Gasteiger charge is -2.26.